The highest BCUT2D eigenvalue weighted by Crippen LogP contribution is 2.23. The van der Waals surface area contributed by atoms with Crippen molar-refractivity contribution in [3.8, 4) is 0 Å². The molecule has 1 aliphatic heterocycles. The lowest BCUT2D eigenvalue weighted by atomic mass is 9.90. The van der Waals surface area contributed by atoms with Gasteiger partial charge in [0, 0.05) is 25.7 Å². The van der Waals surface area contributed by atoms with Crippen molar-refractivity contribution in [3.05, 3.63) is 0 Å². The Morgan fingerprint density at radius 1 is 1.25 bits per heavy atom. The summed E-state index contributed by atoms with van der Waals surface area (Å²) in [6, 6.07) is -0.0917. The quantitative estimate of drug-likeness (QED) is 0.722. The molecule has 3 nitrogen and oxygen atoms in total. The lowest BCUT2D eigenvalue weighted by Gasteiger charge is -2.38. The van der Waals surface area contributed by atoms with Crippen molar-refractivity contribution in [1.29, 1.82) is 0 Å². The van der Waals surface area contributed by atoms with Gasteiger partial charge in [-0.05, 0) is 38.1 Å². The Kier molecular flexibility index (Phi) is 7.84. The summed E-state index contributed by atoms with van der Waals surface area (Å²) in [5, 5.41) is 11.5. The minimum Gasteiger partial charge on any atom is -0.396 e. The summed E-state index contributed by atoms with van der Waals surface area (Å²) < 4.78 is 36.9. The third-order valence-electron chi connectivity index (χ3n) is 3.80. The summed E-state index contributed by atoms with van der Waals surface area (Å²) in [6.07, 6.45) is 0.434. The van der Waals surface area contributed by atoms with E-state index in [4.69, 9.17) is 5.11 Å². The van der Waals surface area contributed by atoms with Crippen LogP contribution in [-0.2, 0) is 0 Å². The summed E-state index contributed by atoms with van der Waals surface area (Å²) in [7, 11) is 0. The van der Waals surface area contributed by atoms with E-state index in [1.165, 1.54) is 0 Å². The van der Waals surface area contributed by atoms with Gasteiger partial charge in [-0.15, -0.1) is 0 Å². The van der Waals surface area contributed by atoms with E-state index < -0.39 is 12.7 Å². The fourth-order valence-electron chi connectivity index (χ4n) is 2.86. The molecular weight excluding hydrogens is 269 g/mol. The number of aliphatic hydroxyl groups is 1. The van der Waals surface area contributed by atoms with E-state index in [0.29, 0.717) is 12.5 Å². The van der Waals surface area contributed by atoms with E-state index in [1.54, 1.807) is 0 Å². The standard InChI is InChI=1S/C14H27F3N2O/c1-2-3-6-19-9-12(5-4-7-20)8-13(10-19)18-11-14(15,16)17/h12-13,18,20H,2-11H2,1H3. The predicted molar refractivity (Wildman–Crippen MR) is 73.6 cm³/mol. The maximum Gasteiger partial charge on any atom is 0.401 e. The van der Waals surface area contributed by atoms with Crippen LogP contribution in [-0.4, -0.2) is 55.0 Å². The fourth-order valence-corrected chi connectivity index (χ4v) is 2.86. The molecule has 20 heavy (non-hydrogen) atoms. The molecular formula is C14H27F3N2O. The molecule has 1 aliphatic rings. The number of unbranched alkanes of at least 4 members (excludes halogenated alkanes) is 1. The first kappa shape index (κ1) is 17.7. The lowest BCUT2D eigenvalue weighted by molar-refractivity contribution is -0.127. The highest BCUT2D eigenvalue weighted by Gasteiger charge is 2.31. The summed E-state index contributed by atoms with van der Waals surface area (Å²) in [4.78, 5) is 2.27. The van der Waals surface area contributed by atoms with E-state index in [-0.39, 0.29) is 12.6 Å². The zero-order valence-electron chi connectivity index (χ0n) is 12.3. The Morgan fingerprint density at radius 2 is 2.00 bits per heavy atom. The third kappa shape index (κ3) is 7.45. The minimum atomic E-state index is -4.15. The molecule has 1 rings (SSSR count). The normalized spacial score (nSPS) is 25.1. The first-order chi connectivity index (χ1) is 9.44. The highest BCUT2D eigenvalue weighted by atomic mass is 19.4. The molecule has 0 aromatic heterocycles. The van der Waals surface area contributed by atoms with E-state index >= 15 is 0 Å². The van der Waals surface area contributed by atoms with Gasteiger partial charge in [-0.25, -0.2) is 0 Å². The Bertz CT molecular complexity index is 245. The Hall–Kier alpha value is -0.330. The number of alkyl halides is 3. The predicted octanol–water partition coefficient (Wildman–Crippen LogP) is 2.40. The zero-order chi connectivity index (χ0) is 15.0. The molecule has 0 aromatic carbocycles. The van der Waals surface area contributed by atoms with E-state index in [1.807, 2.05) is 0 Å². The van der Waals surface area contributed by atoms with E-state index in [2.05, 4.69) is 17.1 Å². The number of likely N-dealkylation sites (tertiary alicyclic amines) is 1. The summed E-state index contributed by atoms with van der Waals surface area (Å²) >= 11 is 0. The van der Waals surface area contributed by atoms with Crippen LogP contribution in [0.3, 0.4) is 0 Å². The van der Waals surface area contributed by atoms with Gasteiger partial charge in [-0.1, -0.05) is 13.3 Å². The molecule has 2 atom stereocenters. The van der Waals surface area contributed by atoms with Crippen LogP contribution in [0, 0.1) is 5.92 Å². The molecule has 1 fully saturated rings. The lowest BCUT2D eigenvalue weighted by Crippen LogP contribution is -2.51. The maximum absolute atomic E-state index is 12.3. The van der Waals surface area contributed by atoms with Crippen LogP contribution in [0.4, 0.5) is 13.2 Å². The number of nitrogens with one attached hydrogen (secondary N) is 1. The average Bonchev–Trinajstić information content (AvgIpc) is 2.40. The molecule has 1 saturated heterocycles. The van der Waals surface area contributed by atoms with Crippen LogP contribution in [0.25, 0.3) is 0 Å². The average molecular weight is 296 g/mol. The molecule has 6 heteroatoms. The van der Waals surface area contributed by atoms with Gasteiger partial charge >= 0.3 is 6.18 Å². The molecule has 0 bridgehead atoms. The second kappa shape index (κ2) is 8.85. The number of piperidine rings is 1. The zero-order valence-corrected chi connectivity index (χ0v) is 12.3. The second-order valence-corrected chi connectivity index (χ2v) is 5.77. The summed E-state index contributed by atoms with van der Waals surface area (Å²) in [5.41, 5.74) is 0. The molecule has 0 aliphatic carbocycles. The first-order valence-corrected chi connectivity index (χ1v) is 7.58. The van der Waals surface area contributed by atoms with Crippen LogP contribution in [0.15, 0.2) is 0 Å². The van der Waals surface area contributed by atoms with E-state index in [9.17, 15) is 13.2 Å². The maximum atomic E-state index is 12.3. The van der Waals surface area contributed by atoms with Crippen LogP contribution in [0.5, 0.6) is 0 Å². The number of aliphatic hydroxyl groups excluding tert-OH is 1. The molecule has 0 saturated carbocycles. The number of rotatable bonds is 8. The van der Waals surface area contributed by atoms with E-state index in [0.717, 1.165) is 45.2 Å². The molecule has 1 heterocycles. The largest absolute Gasteiger partial charge is 0.401 e. The molecule has 120 valence electrons. The SMILES string of the molecule is CCCCN1CC(CCCO)CC(NCC(F)(F)F)C1. The highest BCUT2D eigenvalue weighted by molar-refractivity contribution is 4.84. The topological polar surface area (TPSA) is 35.5 Å². The molecule has 2 unspecified atom stereocenters. The number of hydrogen-bond donors (Lipinski definition) is 2. The number of hydrogen-bond acceptors (Lipinski definition) is 3. The first-order valence-electron chi connectivity index (χ1n) is 7.58. The van der Waals surface area contributed by atoms with Crippen molar-refractivity contribution in [3.63, 3.8) is 0 Å². The van der Waals surface area contributed by atoms with Gasteiger partial charge < -0.3 is 15.3 Å². The Morgan fingerprint density at radius 3 is 2.60 bits per heavy atom. The summed E-state index contributed by atoms with van der Waals surface area (Å²) in [5.74, 6) is 0.387. The van der Waals surface area contributed by atoms with Gasteiger partial charge in [0.15, 0.2) is 0 Å². The van der Waals surface area contributed by atoms with Gasteiger partial charge in [0.2, 0.25) is 0 Å². The fraction of sp³-hybridized carbons (Fsp3) is 1.00. The Balaban J connectivity index is 2.45. The Labute approximate surface area is 119 Å². The molecule has 0 radical (unpaired) electrons. The molecule has 2 N–H and O–H groups in total. The van der Waals surface area contributed by atoms with Crippen molar-refractivity contribution in [2.24, 2.45) is 5.92 Å². The van der Waals surface area contributed by atoms with Gasteiger partial charge in [0.1, 0.15) is 0 Å². The van der Waals surface area contributed by atoms with Gasteiger partial charge in [-0.3, -0.25) is 0 Å². The number of nitrogens with zero attached hydrogens (tertiary/aromatic N) is 1. The monoisotopic (exact) mass is 296 g/mol. The van der Waals surface area contributed by atoms with Crippen LogP contribution in [0.2, 0.25) is 0 Å². The third-order valence-corrected chi connectivity index (χ3v) is 3.80. The number of halogens is 3. The van der Waals surface area contributed by atoms with Gasteiger partial charge in [0.05, 0.1) is 6.54 Å². The van der Waals surface area contributed by atoms with Crippen LogP contribution < -0.4 is 5.32 Å². The van der Waals surface area contributed by atoms with Crippen molar-refractivity contribution >= 4 is 0 Å². The van der Waals surface area contributed by atoms with Crippen LogP contribution >= 0.6 is 0 Å². The van der Waals surface area contributed by atoms with Crippen LogP contribution in [0.1, 0.15) is 39.0 Å². The molecule has 0 aromatic rings. The summed E-state index contributed by atoms with van der Waals surface area (Å²) in [6.45, 7) is 3.97. The molecule has 0 spiro atoms. The smallest absolute Gasteiger partial charge is 0.396 e. The minimum absolute atomic E-state index is 0.0917. The van der Waals surface area contributed by atoms with Gasteiger partial charge in [0.25, 0.3) is 0 Å². The van der Waals surface area contributed by atoms with Crippen molar-refractivity contribution < 1.29 is 18.3 Å². The molecule has 0 amide bonds. The van der Waals surface area contributed by atoms with Crippen molar-refractivity contribution in [1.82, 2.24) is 10.2 Å². The second-order valence-electron chi connectivity index (χ2n) is 5.77. The van der Waals surface area contributed by atoms with Crippen molar-refractivity contribution in [2.45, 2.75) is 51.2 Å². The van der Waals surface area contributed by atoms with Gasteiger partial charge in [-0.2, -0.15) is 13.2 Å². The van der Waals surface area contributed by atoms with Crippen molar-refractivity contribution in [2.75, 3.05) is 32.8 Å².